The van der Waals surface area contributed by atoms with E-state index in [1.807, 2.05) is 32.0 Å². The maximum atomic E-state index is 6.11. The molecule has 4 heteroatoms. The van der Waals surface area contributed by atoms with Crippen molar-refractivity contribution in [2.75, 3.05) is 0 Å². The van der Waals surface area contributed by atoms with Gasteiger partial charge in [-0.1, -0.05) is 30.3 Å². The standard InChI is InChI=1S/C13H16N4/c1-9-15-10(2)17-13(16-9)12(14)8-11-6-4-3-5-7-11/h3-7,12H,8,14H2,1-2H3. The van der Waals surface area contributed by atoms with Gasteiger partial charge in [0.2, 0.25) is 0 Å². The van der Waals surface area contributed by atoms with Gasteiger partial charge in [0.25, 0.3) is 0 Å². The molecule has 0 aliphatic rings. The molecule has 0 fully saturated rings. The van der Waals surface area contributed by atoms with Crippen LogP contribution in [0.5, 0.6) is 0 Å². The molecule has 88 valence electrons. The number of rotatable bonds is 3. The number of benzene rings is 1. The van der Waals surface area contributed by atoms with Gasteiger partial charge in [0.05, 0.1) is 6.04 Å². The van der Waals surface area contributed by atoms with Gasteiger partial charge in [-0.25, -0.2) is 15.0 Å². The maximum absolute atomic E-state index is 6.11. The van der Waals surface area contributed by atoms with Crippen molar-refractivity contribution in [1.82, 2.24) is 15.0 Å². The minimum Gasteiger partial charge on any atom is -0.321 e. The van der Waals surface area contributed by atoms with Crippen LogP contribution in [0.1, 0.15) is 29.1 Å². The lowest BCUT2D eigenvalue weighted by molar-refractivity contribution is 0.647. The van der Waals surface area contributed by atoms with Crippen molar-refractivity contribution in [3.8, 4) is 0 Å². The van der Waals surface area contributed by atoms with Crippen molar-refractivity contribution < 1.29 is 0 Å². The molecule has 2 N–H and O–H groups in total. The summed E-state index contributed by atoms with van der Waals surface area (Å²) < 4.78 is 0. The molecule has 0 amide bonds. The van der Waals surface area contributed by atoms with Crippen molar-refractivity contribution >= 4 is 0 Å². The Morgan fingerprint density at radius 3 is 2.18 bits per heavy atom. The molecule has 0 aliphatic carbocycles. The lowest BCUT2D eigenvalue weighted by Crippen LogP contribution is -2.18. The molecule has 1 unspecified atom stereocenters. The first kappa shape index (κ1) is 11.7. The molecular weight excluding hydrogens is 212 g/mol. The number of aryl methyl sites for hydroxylation is 2. The van der Waals surface area contributed by atoms with E-state index >= 15 is 0 Å². The Bertz CT molecular complexity index is 476. The largest absolute Gasteiger partial charge is 0.321 e. The Morgan fingerprint density at radius 1 is 1.00 bits per heavy atom. The van der Waals surface area contributed by atoms with E-state index in [-0.39, 0.29) is 6.04 Å². The van der Waals surface area contributed by atoms with Crippen LogP contribution < -0.4 is 5.73 Å². The summed E-state index contributed by atoms with van der Waals surface area (Å²) >= 11 is 0. The van der Waals surface area contributed by atoms with E-state index in [1.54, 1.807) is 0 Å². The van der Waals surface area contributed by atoms with Crippen molar-refractivity contribution in [3.63, 3.8) is 0 Å². The van der Waals surface area contributed by atoms with Gasteiger partial charge in [0.15, 0.2) is 0 Å². The highest BCUT2D eigenvalue weighted by atomic mass is 15.0. The maximum Gasteiger partial charge on any atom is 0.149 e. The third kappa shape index (κ3) is 3.07. The van der Waals surface area contributed by atoms with E-state index in [1.165, 1.54) is 5.56 Å². The summed E-state index contributed by atoms with van der Waals surface area (Å²) in [6.45, 7) is 3.71. The van der Waals surface area contributed by atoms with Gasteiger partial charge in [-0.05, 0) is 25.8 Å². The lowest BCUT2D eigenvalue weighted by atomic mass is 10.1. The SMILES string of the molecule is Cc1nc(C)nc(C(N)Cc2ccccc2)n1. The fraction of sp³-hybridized carbons (Fsp3) is 0.308. The van der Waals surface area contributed by atoms with E-state index in [2.05, 4.69) is 27.1 Å². The quantitative estimate of drug-likeness (QED) is 0.869. The molecule has 1 heterocycles. The molecule has 4 nitrogen and oxygen atoms in total. The van der Waals surface area contributed by atoms with E-state index < -0.39 is 0 Å². The molecule has 0 saturated carbocycles. The second kappa shape index (κ2) is 5.01. The monoisotopic (exact) mass is 228 g/mol. The summed E-state index contributed by atoms with van der Waals surface area (Å²) in [6.07, 6.45) is 0.740. The first-order valence-electron chi connectivity index (χ1n) is 5.64. The van der Waals surface area contributed by atoms with E-state index in [0.29, 0.717) is 5.82 Å². The van der Waals surface area contributed by atoms with Crippen LogP contribution in [0.25, 0.3) is 0 Å². The van der Waals surface area contributed by atoms with Crippen LogP contribution in [0.3, 0.4) is 0 Å². The average molecular weight is 228 g/mol. The van der Waals surface area contributed by atoms with Crippen LogP contribution >= 0.6 is 0 Å². The van der Waals surface area contributed by atoms with Gasteiger partial charge in [0.1, 0.15) is 17.5 Å². The number of nitrogens with two attached hydrogens (primary N) is 1. The lowest BCUT2D eigenvalue weighted by Gasteiger charge is -2.11. The third-order valence-electron chi connectivity index (χ3n) is 2.51. The topological polar surface area (TPSA) is 64.7 Å². The molecule has 0 bridgehead atoms. The zero-order valence-corrected chi connectivity index (χ0v) is 10.1. The highest BCUT2D eigenvalue weighted by molar-refractivity contribution is 5.17. The highest BCUT2D eigenvalue weighted by Crippen LogP contribution is 2.12. The average Bonchev–Trinajstić information content (AvgIpc) is 2.29. The molecule has 0 radical (unpaired) electrons. The molecule has 1 atom stereocenters. The Balaban J connectivity index is 2.17. The smallest absolute Gasteiger partial charge is 0.149 e. The number of nitrogens with zero attached hydrogens (tertiary/aromatic N) is 3. The molecule has 17 heavy (non-hydrogen) atoms. The predicted molar refractivity (Wildman–Crippen MR) is 66.4 cm³/mol. The van der Waals surface area contributed by atoms with Crippen LogP contribution in [0.4, 0.5) is 0 Å². The van der Waals surface area contributed by atoms with E-state index in [4.69, 9.17) is 5.73 Å². The normalized spacial score (nSPS) is 12.4. The van der Waals surface area contributed by atoms with Crippen molar-refractivity contribution in [2.24, 2.45) is 5.73 Å². The minimum absolute atomic E-state index is 0.183. The van der Waals surface area contributed by atoms with Gasteiger partial charge < -0.3 is 5.73 Å². The molecule has 0 saturated heterocycles. The number of hydrogen-bond acceptors (Lipinski definition) is 4. The van der Waals surface area contributed by atoms with E-state index in [0.717, 1.165) is 18.1 Å². The van der Waals surface area contributed by atoms with Crippen molar-refractivity contribution in [3.05, 3.63) is 53.4 Å². The molecule has 2 rings (SSSR count). The fourth-order valence-electron chi connectivity index (χ4n) is 1.77. The Kier molecular flexibility index (Phi) is 3.44. The summed E-state index contributed by atoms with van der Waals surface area (Å²) in [6, 6.07) is 9.93. The molecule has 1 aromatic carbocycles. The molecule has 0 spiro atoms. The minimum atomic E-state index is -0.183. The van der Waals surface area contributed by atoms with Crippen LogP contribution in [0.2, 0.25) is 0 Å². The fourth-order valence-corrected chi connectivity index (χ4v) is 1.77. The predicted octanol–water partition coefficient (Wildman–Crippen LogP) is 1.73. The van der Waals surface area contributed by atoms with E-state index in [9.17, 15) is 0 Å². The molecular formula is C13H16N4. The summed E-state index contributed by atoms with van der Waals surface area (Å²) in [5.41, 5.74) is 7.30. The van der Waals surface area contributed by atoms with Gasteiger partial charge in [-0.3, -0.25) is 0 Å². The second-order valence-electron chi connectivity index (χ2n) is 4.08. The molecule has 2 aromatic rings. The van der Waals surface area contributed by atoms with Crippen LogP contribution in [-0.4, -0.2) is 15.0 Å². The number of aromatic nitrogens is 3. The Hall–Kier alpha value is -1.81. The third-order valence-corrected chi connectivity index (χ3v) is 2.51. The first-order valence-corrected chi connectivity index (χ1v) is 5.64. The second-order valence-corrected chi connectivity index (χ2v) is 4.08. The van der Waals surface area contributed by atoms with Gasteiger partial charge >= 0.3 is 0 Å². The van der Waals surface area contributed by atoms with Crippen LogP contribution in [0, 0.1) is 13.8 Å². The summed E-state index contributed by atoms with van der Waals surface area (Å²) in [7, 11) is 0. The number of hydrogen-bond donors (Lipinski definition) is 1. The highest BCUT2D eigenvalue weighted by Gasteiger charge is 2.11. The molecule has 1 aromatic heterocycles. The summed E-state index contributed by atoms with van der Waals surface area (Å²) in [4.78, 5) is 12.7. The van der Waals surface area contributed by atoms with Crippen LogP contribution in [-0.2, 0) is 6.42 Å². The van der Waals surface area contributed by atoms with Crippen LogP contribution in [0.15, 0.2) is 30.3 Å². The van der Waals surface area contributed by atoms with Gasteiger partial charge in [0, 0.05) is 0 Å². The van der Waals surface area contributed by atoms with Crippen molar-refractivity contribution in [1.29, 1.82) is 0 Å². The molecule has 0 aliphatic heterocycles. The zero-order chi connectivity index (χ0) is 12.3. The summed E-state index contributed by atoms with van der Waals surface area (Å²) in [5.74, 6) is 2.10. The van der Waals surface area contributed by atoms with Gasteiger partial charge in [-0.15, -0.1) is 0 Å². The first-order chi connectivity index (χ1) is 8.15. The van der Waals surface area contributed by atoms with Crippen molar-refractivity contribution in [2.45, 2.75) is 26.3 Å². The Morgan fingerprint density at radius 2 is 1.59 bits per heavy atom. The Labute approximate surface area is 101 Å². The van der Waals surface area contributed by atoms with Gasteiger partial charge in [-0.2, -0.15) is 0 Å². The summed E-state index contributed by atoms with van der Waals surface area (Å²) in [5, 5.41) is 0. The zero-order valence-electron chi connectivity index (χ0n) is 10.1.